The Morgan fingerprint density at radius 2 is 1.62 bits per heavy atom. The fraction of sp³-hybridized carbons (Fsp3) is 0.316. The fourth-order valence-electron chi connectivity index (χ4n) is 3.29. The number of carbonyl (C=O) groups excluding carboxylic acids is 1. The van der Waals surface area contributed by atoms with E-state index in [1.165, 1.54) is 48.5 Å². The summed E-state index contributed by atoms with van der Waals surface area (Å²) >= 11 is 0. The van der Waals surface area contributed by atoms with E-state index < -0.39 is 23.2 Å². The number of hydrogen-bond acceptors (Lipinski definition) is 3. The van der Waals surface area contributed by atoms with Gasteiger partial charge in [-0.2, -0.15) is 0 Å². The zero-order chi connectivity index (χ0) is 17.3. The Kier molecular flexibility index (Phi) is 4.47. The van der Waals surface area contributed by atoms with E-state index in [9.17, 15) is 18.7 Å². The van der Waals surface area contributed by atoms with Gasteiger partial charge in [-0.05, 0) is 55.4 Å². The molecule has 2 aromatic rings. The van der Waals surface area contributed by atoms with Gasteiger partial charge in [0.15, 0.2) is 5.78 Å². The van der Waals surface area contributed by atoms with Crippen LogP contribution in [0.4, 0.5) is 8.78 Å². The lowest BCUT2D eigenvalue weighted by Crippen LogP contribution is -2.52. The lowest BCUT2D eigenvalue weighted by molar-refractivity contribution is -0.0594. The first kappa shape index (κ1) is 16.7. The number of nitrogens with zero attached hydrogens (tertiary/aromatic N) is 1. The highest BCUT2D eigenvalue weighted by Gasteiger charge is 2.46. The second-order valence-electron chi connectivity index (χ2n) is 6.37. The molecule has 0 aliphatic carbocycles. The summed E-state index contributed by atoms with van der Waals surface area (Å²) in [7, 11) is 1.88. The van der Waals surface area contributed by atoms with Crippen LogP contribution in [-0.2, 0) is 5.60 Å². The summed E-state index contributed by atoms with van der Waals surface area (Å²) in [6.07, 6.45) is 0.368. The Labute approximate surface area is 139 Å². The van der Waals surface area contributed by atoms with E-state index in [1.807, 2.05) is 11.9 Å². The molecule has 3 nitrogen and oxygen atoms in total. The van der Waals surface area contributed by atoms with Crippen LogP contribution in [0.2, 0.25) is 0 Å². The summed E-state index contributed by atoms with van der Waals surface area (Å²) in [5.74, 6) is -1.75. The SMILES string of the molecule is CN1CC[C@](O)(c2ccc(F)cc2)[C@@H](C(=O)c2ccc(F)cc2)C1. The lowest BCUT2D eigenvalue weighted by atomic mass is 9.73. The van der Waals surface area contributed by atoms with Crippen LogP contribution >= 0.6 is 0 Å². The zero-order valence-corrected chi connectivity index (χ0v) is 13.4. The number of Topliss-reactive ketones (excluding diaryl/α,β-unsaturated/α-hetero) is 1. The fourth-order valence-corrected chi connectivity index (χ4v) is 3.29. The monoisotopic (exact) mass is 331 g/mol. The van der Waals surface area contributed by atoms with Gasteiger partial charge in [0.1, 0.15) is 17.2 Å². The van der Waals surface area contributed by atoms with Crippen LogP contribution in [0.15, 0.2) is 48.5 Å². The molecule has 0 bridgehead atoms. The highest BCUT2D eigenvalue weighted by molar-refractivity contribution is 5.99. The third kappa shape index (κ3) is 3.09. The highest BCUT2D eigenvalue weighted by Crippen LogP contribution is 2.39. The Hall–Kier alpha value is -2.11. The van der Waals surface area contributed by atoms with Gasteiger partial charge < -0.3 is 10.0 Å². The molecule has 1 saturated heterocycles. The van der Waals surface area contributed by atoms with Crippen molar-refractivity contribution in [3.63, 3.8) is 0 Å². The molecule has 0 amide bonds. The minimum absolute atomic E-state index is 0.242. The Bertz CT molecular complexity index is 730. The third-order valence-corrected chi connectivity index (χ3v) is 4.73. The van der Waals surface area contributed by atoms with Crippen molar-refractivity contribution in [2.45, 2.75) is 12.0 Å². The quantitative estimate of drug-likeness (QED) is 0.879. The van der Waals surface area contributed by atoms with Gasteiger partial charge >= 0.3 is 0 Å². The molecule has 0 saturated carbocycles. The van der Waals surface area contributed by atoms with Gasteiger partial charge in [-0.15, -0.1) is 0 Å². The van der Waals surface area contributed by atoms with E-state index >= 15 is 0 Å². The molecule has 3 rings (SSSR count). The smallest absolute Gasteiger partial charge is 0.170 e. The van der Waals surface area contributed by atoms with E-state index in [0.717, 1.165) is 0 Å². The molecule has 2 atom stereocenters. The van der Waals surface area contributed by atoms with Crippen LogP contribution in [0, 0.1) is 17.6 Å². The third-order valence-electron chi connectivity index (χ3n) is 4.73. The van der Waals surface area contributed by atoms with Crippen LogP contribution in [0.25, 0.3) is 0 Å². The van der Waals surface area contributed by atoms with Crippen molar-refractivity contribution < 1.29 is 18.7 Å². The second kappa shape index (κ2) is 6.42. The number of carbonyl (C=O) groups is 1. The predicted molar refractivity (Wildman–Crippen MR) is 86.6 cm³/mol. The maximum atomic E-state index is 13.2. The summed E-state index contributed by atoms with van der Waals surface area (Å²) < 4.78 is 26.3. The van der Waals surface area contributed by atoms with Crippen molar-refractivity contribution in [1.82, 2.24) is 4.90 Å². The molecular formula is C19H19F2NO2. The molecule has 1 heterocycles. The topological polar surface area (TPSA) is 40.5 Å². The minimum atomic E-state index is -1.37. The van der Waals surface area contributed by atoms with E-state index in [4.69, 9.17) is 0 Å². The van der Waals surface area contributed by atoms with Crippen LogP contribution < -0.4 is 0 Å². The van der Waals surface area contributed by atoms with Crippen molar-refractivity contribution in [2.75, 3.05) is 20.1 Å². The standard InChI is InChI=1S/C19H19F2NO2/c1-22-11-10-19(24,14-4-8-16(21)9-5-14)17(12-22)18(23)13-2-6-15(20)7-3-13/h2-9,17,24H,10-12H2,1H3/t17-,19+/m1/s1. The van der Waals surface area contributed by atoms with Crippen molar-refractivity contribution in [3.05, 3.63) is 71.3 Å². The van der Waals surface area contributed by atoms with E-state index in [1.54, 1.807) is 0 Å². The van der Waals surface area contributed by atoms with E-state index in [0.29, 0.717) is 30.6 Å². The molecule has 0 aromatic heterocycles. The van der Waals surface area contributed by atoms with E-state index in [-0.39, 0.29) is 5.78 Å². The van der Waals surface area contributed by atoms with Gasteiger partial charge in [0.25, 0.3) is 0 Å². The van der Waals surface area contributed by atoms with Crippen molar-refractivity contribution in [2.24, 2.45) is 5.92 Å². The number of aliphatic hydroxyl groups is 1. The molecule has 1 fully saturated rings. The maximum Gasteiger partial charge on any atom is 0.170 e. The number of piperidine rings is 1. The average molecular weight is 331 g/mol. The molecule has 5 heteroatoms. The second-order valence-corrected chi connectivity index (χ2v) is 6.37. The molecule has 0 radical (unpaired) electrons. The zero-order valence-electron chi connectivity index (χ0n) is 13.4. The van der Waals surface area contributed by atoms with E-state index in [2.05, 4.69) is 0 Å². The lowest BCUT2D eigenvalue weighted by Gasteiger charge is -2.43. The normalized spacial score (nSPS) is 24.8. The van der Waals surface area contributed by atoms with Crippen LogP contribution in [0.5, 0.6) is 0 Å². The first-order valence-electron chi connectivity index (χ1n) is 7.87. The first-order chi connectivity index (χ1) is 11.4. The molecule has 24 heavy (non-hydrogen) atoms. The molecule has 126 valence electrons. The highest BCUT2D eigenvalue weighted by atomic mass is 19.1. The number of ketones is 1. The van der Waals surface area contributed by atoms with Crippen LogP contribution in [-0.4, -0.2) is 35.9 Å². The predicted octanol–water partition coefficient (Wildman–Crippen LogP) is 2.99. The molecule has 2 aromatic carbocycles. The Balaban J connectivity index is 1.98. The molecule has 0 unspecified atom stereocenters. The van der Waals surface area contributed by atoms with Crippen molar-refractivity contribution in [3.8, 4) is 0 Å². The van der Waals surface area contributed by atoms with Gasteiger partial charge in [0.2, 0.25) is 0 Å². The largest absolute Gasteiger partial charge is 0.384 e. The molecule has 1 N–H and O–H groups in total. The van der Waals surface area contributed by atoms with Crippen molar-refractivity contribution in [1.29, 1.82) is 0 Å². The molecule has 1 aliphatic heterocycles. The average Bonchev–Trinajstić information content (AvgIpc) is 2.58. The number of benzene rings is 2. The number of likely N-dealkylation sites (tertiary alicyclic amines) is 1. The van der Waals surface area contributed by atoms with Crippen LogP contribution in [0.1, 0.15) is 22.3 Å². The number of halogens is 2. The number of rotatable bonds is 3. The van der Waals surface area contributed by atoms with Crippen molar-refractivity contribution >= 4 is 5.78 Å². The maximum absolute atomic E-state index is 13.2. The minimum Gasteiger partial charge on any atom is -0.384 e. The molecule has 0 spiro atoms. The summed E-state index contributed by atoms with van der Waals surface area (Å²) in [5.41, 5.74) is -0.485. The van der Waals surface area contributed by atoms with Gasteiger partial charge in [-0.25, -0.2) is 8.78 Å². The Morgan fingerprint density at radius 1 is 1.08 bits per heavy atom. The first-order valence-corrected chi connectivity index (χ1v) is 7.87. The summed E-state index contributed by atoms with van der Waals surface area (Å²) in [4.78, 5) is 14.9. The van der Waals surface area contributed by atoms with Gasteiger partial charge in [-0.3, -0.25) is 4.79 Å². The van der Waals surface area contributed by atoms with Gasteiger partial charge in [0, 0.05) is 18.7 Å². The molecule has 1 aliphatic rings. The van der Waals surface area contributed by atoms with Crippen LogP contribution in [0.3, 0.4) is 0 Å². The van der Waals surface area contributed by atoms with Gasteiger partial charge in [-0.1, -0.05) is 12.1 Å². The molecular weight excluding hydrogens is 312 g/mol. The summed E-state index contributed by atoms with van der Waals surface area (Å²) in [5, 5.41) is 11.3. The number of hydrogen-bond donors (Lipinski definition) is 1. The van der Waals surface area contributed by atoms with Gasteiger partial charge in [0.05, 0.1) is 5.92 Å². The summed E-state index contributed by atoms with van der Waals surface area (Å²) in [6, 6.07) is 10.9. The summed E-state index contributed by atoms with van der Waals surface area (Å²) in [6.45, 7) is 1.01. The Morgan fingerprint density at radius 3 is 2.21 bits per heavy atom.